The highest BCUT2D eigenvalue weighted by atomic mass is 16.5. The Morgan fingerprint density at radius 3 is 3.18 bits per heavy atom. The molecule has 0 saturated carbocycles. The van der Waals surface area contributed by atoms with Crippen molar-refractivity contribution in [1.29, 1.82) is 0 Å². The second-order valence-corrected chi connectivity index (χ2v) is 4.43. The molecule has 1 aliphatic rings. The van der Waals surface area contributed by atoms with Gasteiger partial charge in [0, 0.05) is 25.9 Å². The molecule has 5 heteroatoms. The number of hydrogen-bond donors (Lipinski definition) is 1. The summed E-state index contributed by atoms with van der Waals surface area (Å²) in [6.45, 7) is 2.82. The van der Waals surface area contributed by atoms with Crippen LogP contribution < -0.4 is 5.32 Å². The van der Waals surface area contributed by atoms with Crippen molar-refractivity contribution in [2.45, 2.75) is 32.3 Å². The fraction of sp³-hybridized carbons (Fsp3) is 0.667. The zero-order valence-corrected chi connectivity index (χ0v) is 10.3. The monoisotopic (exact) mass is 237 g/mol. The summed E-state index contributed by atoms with van der Waals surface area (Å²) in [6.07, 6.45) is 4.59. The Hall–Kier alpha value is -1.36. The third-order valence-corrected chi connectivity index (χ3v) is 3.14. The smallest absolute Gasteiger partial charge is 0.231 e. The number of hydrogen-bond acceptors (Lipinski definition) is 3. The molecule has 1 aromatic rings. The first-order chi connectivity index (χ1) is 8.20. The van der Waals surface area contributed by atoms with E-state index < -0.39 is 0 Å². The van der Waals surface area contributed by atoms with Gasteiger partial charge in [0.05, 0.1) is 12.0 Å². The molecule has 0 bridgehead atoms. The van der Waals surface area contributed by atoms with E-state index in [0.717, 1.165) is 25.9 Å². The summed E-state index contributed by atoms with van der Waals surface area (Å²) >= 11 is 0. The van der Waals surface area contributed by atoms with Crippen molar-refractivity contribution >= 4 is 11.7 Å². The van der Waals surface area contributed by atoms with Gasteiger partial charge in [0.25, 0.3) is 0 Å². The van der Waals surface area contributed by atoms with Gasteiger partial charge in [0.2, 0.25) is 5.91 Å². The van der Waals surface area contributed by atoms with E-state index in [0.29, 0.717) is 5.82 Å². The lowest BCUT2D eigenvalue weighted by Gasteiger charge is -2.29. The Morgan fingerprint density at radius 1 is 1.71 bits per heavy atom. The number of aromatic nitrogens is 2. The van der Waals surface area contributed by atoms with Gasteiger partial charge in [-0.05, 0) is 19.3 Å². The maximum Gasteiger partial charge on any atom is 0.231 e. The molecule has 1 aliphatic heterocycles. The van der Waals surface area contributed by atoms with Crippen molar-refractivity contribution in [3.63, 3.8) is 0 Å². The lowest BCUT2D eigenvalue weighted by molar-refractivity contribution is -0.129. The Kier molecular flexibility index (Phi) is 3.78. The van der Waals surface area contributed by atoms with Crippen molar-refractivity contribution < 1.29 is 9.53 Å². The number of rotatable bonds is 3. The van der Waals surface area contributed by atoms with E-state index in [4.69, 9.17) is 4.74 Å². The van der Waals surface area contributed by atoms with Crippen LogP contribution in [0.1, 0.15) is 26.2 Å². The summed E-state index contributed by atoms with van der Waals surface area (Å²) in [5.41, 5.74) is 0. The normalized spacial score (nSPS) is 24.6. The average Bonchev–Trinajstić information content (AvgIpc) is 2.74. The fourth-order valence-corrected chi connectivity index (χ4v) is 2.24. The zero-order valence-electron chi connectivity index (χ0n) is 10.3. The molecule has 0 radical (unpaired) electrons. The van der Waals surface area contributed by atoms with Crippen LogP contribution in [0, 0.1) is 5.92 Å². The summed E-state index contributed by atoms with van der Waals surface area (Å²) in [5.74, 6) is 0.587. The standard InChI is InChI=1S/C12H19N3O2/c1-3-10-9(5-4-8-17-10)12(16)13-11-6-7-15(2)14-11/h6-7,9-10H,3-5,8H2,1-2H3,(H,13,14,16). The van der Waals surface area contributed by atoms with Gasteiger partial charge < -0.3 is 10.1 Å². The number of nitrogens with one attached hydrogen (secondary N) is 1. The van der Waals surface area contributed by atoms with Gasteiger partial charge in [0.1, 0.15) is 0 Å². The van der Waals surface area contributed by atoms with Gasteiger partial charge in [-0.25, -0.2) is 0 Å². The van der Waals surface area contributed by atoms with E-state index in [1.165, 1.54) is 0 Å². The van der Waals surface area contributed by atoms with Crippen LogP contribution in [0.3, 0.4) is 0 Å². The first-order valence-corrected chi connectivity index (χ1v) is 6.13. The maximum atomic E-state index is 12.1. The number of carbonyl (C=O) groups excluding carboxylic acids is 1. The second-order valence-electron chi connectivity index (χ2n) is 4.43. The Morgan fingerprint density at radius 2 is 2.53 bits per heavy atom. The van der Waals surface area contributed by atoms with Gasteiger partial charge >= 0.3 is 0 Å². The molecule has 0 aliphatic carbocycles. The minimum Gasteiger partial charge on any atom is -0.377 e. The second kappa shape index (κ2) is 5.31. The predicted octanol–water partition coefficient (Wildman–Crippen LogP) is 1.56. The van der Waals surface area contributed by atoms with Crippen LogP contribution in [0.15, 0.2) is 12.3 Å². The summed E-state index contributed by atoms with van der Waals surface area (Å²) in [7, 11) is 1.83. The van der Waals surface area contributed by atoms with Crippen LogP contribution in [0.25, 0.3) is 0 Å². The molecule has 1 saturated heterocycles. The highest BCUT2D eigenvalue weighted by Gasteiger charge is 2.30. The van der Waals surface area contributed by atoms with Crippen molar-refractivity contribution in [2.24, 2.45) is 13.0 Å². The number of nitrogens with zero attached hydrogens (tertiary/aromatic N) is 2. The highest BCUT2D eigenvalue weighted by Crippen LogP contribution is 2.24. The number of anilines is 1. The number of amides is 1. The van der Waals surface area contributed by atoms with E-state index in [-0.39, 0.29) is 17.9 Å². The SMILES string of the molecule is CCC1OCCCC1C(=O)Nc1ccn(C)n1. The third kappa shape index (κ3) is 2.85. The van der Waals surface area contributed by atoms with Gasteiger partial charge in [-0.1, -0.05) is 6.92 Å². The first-order valence-electron chi connectivity index (χ1n) is 6.13. The average molecular weight is 237 g/mol. The minimum absolute atomic E-state index is 0.0234. The van der Waals surface area contributed by atoms with Gasteiger partial charge in [-0.15, -0.1) is 0 Å². The van der Waals surface area contributed by atoms with Crippen LogP contribution in [0.4, 0.5) is 5.82 Å². The summed E-state index contributed by atoms with van der Waals surface area (Å²) < 4.78 is 7.29. The molecule has 0 aromatic carbocycles. The molecule has 1 N–H and O–H groups in total. The molecule has 1 aromatic heterocycles. The quantitative estimate of drug-likeness (QED) is 0.868. The van der Waals surface area contributed by atoms with E-state index in [9.17, 15) is 4.79 Å². The zero-order chi connectivity index (χ0) is 12.3. The Balaban J connectivity index is 1.98. The van der Waals surface area contributed by atoms with Gasteiger partial charge in [-0.3, -0.25) is 9.48 Å². The van der Waals surface area contributed by atoms with Crippen molar-refractivity contribution in [1.82, 2.24) is 9.78 Å². The summed E-state index contributed by atoms with van der Waals surface area (Å²) in [5, 5.41) is 6.99. The molecule has 2 unspecified atom stereocenters. The van der Waals surface area contributed by atoms with Crippen LogP contribution in [0.2, 0.25) is 0 Å². The van der Waals surface area contributed by atoms with Crippen molar-refractivity contribution in [2.75, 3.05) is 11.9 Å². The Labute approximate surface area is 101 Å². The van der Waals surface area contributed by atoms with Crippen LogP contribution >= 0.6 is 0 Å². The molecule has 94 valence electrons. The molecule has 2 atom stereocenters. The van der Waals surface area contributed by atoms with Crippen LogP contribution in [0.5, 0.6) is 0 Å². The molecule has 2 rings (SSSR count). The fourth-order valence-electron chi connectivity index (χ4n) is 2.24. The molecule has 1 fully saturated rings. The summed E-state index contributed by atoms with van der Waals surface area (Å²) in [6, 6.07) is 1.79. The first kappa shape index (κ1) is 12.1. The topological polar surface area (TPSA) is 56.1 Å². The minimum atomic E-state index is -0.0456. The molecule has 5 nitrogen and oxygen atoms in total. The van der Waals surface area contributed by atoms with Crippen LogP contribution in [-0.4, -0.2) is 28.4 Å². The summed E-state index contributed by atoms with van der Waals surface area (Å²) in [4.78, 5) is 12.1. The van der Waals surface area contributed by atoms with Crippen molar-refractivity contribution in [3.8, 4) is 0 Å². The number of carbonyl (C=O) groups is 1. The van der Waals surface area contributed by atoms with Crippen LogP contribution in [-0.2, 0) is 16.6 Å². The van der Waals surface area contributed by atoms with Crippen molar-refractivity contribution in [3.05, 3.63) is 12.3 Å². The molecular weight excluding hydrogens is 218 g/mol. The van der Waals surface area contributed by atoms with E-state index in [2.05, 4.69) is 17.3 Å². The molecule has 2 heterocycles. The molecule has 1 amide bonds. The molecule has 17 heavy (non-hydrogen) atoms. The highest BCUT2D eigenvalue weighted by molar-refractivity contribution is 5.92. The number of ether oxygens (including phenoxy) is 1. The Bertz CT molecular complexity index is 389. The van der Waals surface area contributed by atoms with Gasteiger partial charge in [0.15, 0.2) is 5.82 Å². The van der Waals surface area contributed by atoms with E-state index >= 15 is 0 Å². The molecule has 0 spiro atoms. The lowest BCUT2D eigenvalue weighted by atomic mass is 9.92. The predicted molar refractivity (Wildman–Crippen MR) is 64.6 cm³/mol. The third-order valence-electron chi connectivity index (χ3n) is 3.14. The maximum absolute atomic E-state index is 12.1. The van der Waals surface area contributed by atoms with Gasteiger partial charge in [-0.2, -0.15) is 5.10 Å². The molecular formula is C12H19N3O2. The largest absolute Gasteiger partial charge is 0.377 e. The number of aryl methyl sites for hydroxylation is 1. The lowest BCUT2D eigenvalue weighted by Crippen LogP contribution is -2.37. The van der Waals surface area contributed by atoms with E-state index in [1.54, 1.807) is 10.7 Å². The van der Waals surface area contributed by atoms with E-state index in [1.807, 2.05) is 13.2 Å².